The smallest absolute Gasteiger partial charge is 0.124 e. The minimum absolute atomic E-state index is 0.268. The van der Waals surface area contributed by atoms with E-state index in [4.69, 9.17) is 10.5 Å². The Morgan fingerprint density at radius 1 is 1.17 bits per heavy atom. The lowest BCUT2D eigenvalue weighted by Crippen LogP contribution is -1.99. The Bertz CT molecular complexity index is 545. The molecule has 0 aliphatic carbocycles. The molecule has 0 heterocycles. The predicted octanol–water partition coefficient (Wildman–Crippen LogP) is 3.63. The van der Waals surface area contributed by atoms with E-state index in [1.807, 2.05) is 24.3 Å². The Labute approximate surface area is 114 Å². The molecule has 0 fully saturated rings. The number of rotatable bonds is 4. The van der Waals surface area contributed by atoms with Crippen LogP contribution in [0.1, 0.15) is 11.1 Å². The standard InChI is InChI=1S/C14H13BrFNO/c15-14-7-12(16)5-4-11(14)9-18-13-3-1-2-10(6-13)8-17/h1-7H,8-9,17H2. The van der Waals surface area contributed by atoms with Crippen molar-refractivity contribution in [3.63, 3.8) is 0 Å². The molecule has 0 spiro atoms. The molecule has 0 bridgehead atoms. The van der Waals surface area contributed by atoms with Gasteiger partial charge in [-0.15, -0.1) is 0 Å². The van der Waals surface area contributed by atoms with Gasteiger partial charge in [0.25, 0.3) is 0 Å². The first-order valence-corrected chi connectivity index (χ1v) is 6.34. The fraction of sp³-hybridized carbons (Fsp3) is 0.143. The van der Waals surface area contributed by atoms with Crippen molar-refractivity contribution in [2.24, 2.45) is 5.73 Å². The zero-order chi connectivity index (χ0) is 13.0. The second-order valence-corrected chi connectivity index (χ2v) is 4.73. The third-order valence-electron chi connectivity index (χ3n) is 2.54. The summed E-state index contributed by atoms with van der Waals surface area (Å²) in [7, 11) is 0. The van der Waals surface area contributed by atoms with E-state index in [9.17, 15) is 4.39 Å². The fourth-order valence-corrected chi connectivity index (χ4v) is 2.03. The van der Waals surface area contributed by atoms with Crippen LogP contribution in [0.2, 0.25) is 0 Å². The van der Waals surface area contributed by atoms with Crippen molar-refractivity contribution in [3.05, 3.63) is 63.9 Å². The fourth-order valence-electron chi connectivity index (χ4n) is 1.56. The van der Waals surface area contributed by atoms with Crippen LogP contribution in [0.25, 0.3) is 0 Å². The highest BCUT2D eigenvalue weighted by Crippen LogP contribution is 2.21. The summed E-state index contributed by atoms with van der Waals surface area (Å²) in [5.74, 6) is 0.491. The van der Waals surface area contributed by atoms with E-state index in [2.05, 4.69) is 15.9 Å². The molecule has 2 nitrogen and oxygen atoms in total. The lowest BCUT2D eigenvalue weighted by atomic mass is 10.2. The summed E-state index contributed by atoms with van der Waals surface area (Å²) in [4.78, 5) is 0. The SMILES string of the molecule is NCc1cccc(OCc2ccc(F)cc2Br)c1. The molecule has 0 unspecified atom stereocenters. The van der Waals surface area contributed by atoms with Gasteiger partial charge in [0.05, 0.1) is 0 Å². The minimum atomic E-state index is -0.268. The van der Waals surface area contributed by atoms with Crippen LogP contribution in [0.4, 0.5) is 4.39 Å². The molecule has 0 atom stereocenters. The maximum atomic E-state index is 12.9. The summed E-state index contributed by atoms with van der Waals surface area (Å²) < 4.78 is 19.3. The first kappa shape index (κ1) is 13.1. The highest BCUT2D eigenvalue weighted by molar-refractivity contribution is 9.10. The van der Waals surface area contributed by atoms with Crippen molar-refractivity contribution >= 4 is 15.9 Å². The summed E-state index contributed by atoms with van der Waals surface area (Å²) in [6.45, 7) is 0.867. The van der Waals surface area contributed by atoms with Crippen molar-refractivity contribution in [2.45, 2.75) is 13.2 Å². The Morgan fingerprint density at radius 3 is 2.72 bits per heavy atom. The van der Waals surface area contributed by atoms with Crippen LogP contribution < -0.4 is 10.5 Å². The van der Waals surface area contributed by atoms with Crippen molar-refractivity contribution in [3.8, 4) is 5.75 Å². The Kier molecular flexibility index (Phi) is 4.33. The van der Waals surface area contributed by atoms with E-state index in [0.29, 0.717) is 17.6 Å². The second kappa shape index (κ2) is 5.98. The molecule has 18 heavy (non-hydrogen) atoms. The summed E-state index contributed by atoms with van der Waals surface area (Å²) in [6, 6.07) is 12.2. The number of hydrogen-bond acceptors (Lipinski definition) is 2. The molecule has 0 saturated carbocycles. The quantitative estimate of drug-likeness (QED) is 0.936. The third kappa shape index (κ3) is 3.31. The highest BCUT2D eigenvalue weighted by Gasteiger charge is 2.03. The maximum Gasteiger partial charge on any atom is 0.124 e. The Balaban J connectivity index is 2.06. The third-order valence-corrected chi connectivity index (χ3v) is 3.28. The van der Waals surface area contributed by atoms with Crippen LogP contribution >= 0.6 is 15.9 Å². The zero-order valence-electron chi connectivity index (χ0n) is 9.70. The molecule has 0 aliphatic rings. The first-order chi connectivity index (χ1) is 8.69. The van der Waals surface area contributed by atoms with Gasteiger partial charge in [-0.25, -0.2) is 4.39 Å². The maximum absolute atomic E-state index is 12.9. The van der Waals surface area contributed by atoms with Crippen molar-refractivity contribution in [1.29, 1.82) is 0 Å². The molecule has 2 aromatic rings. The second-order valence-electron chi connectivity index (χ2n) is 3.88. The summed E-state index contributed by atoms with van der Waals surface area (Å²) in [5, 5.41) is 0. The van der Waals surface area contributed by atoms with E-state index in [-0.39, 0.29) is 5.82 Å². The zero-order valence-corrected chi connectivity index (χ0v) is 11.3. The van der Waals surface area contributed by atoms with Crippen LogP contribution in [0, 0.1) is 5.82 Å². The number of halogens is 2. The average molecular weight is 310 g/mol. The van der Waals surface area contributed by atoms with Gasteiger partial charge in [0.2, 0.25) is 0 Å². The monoisotopic (exact) mass is 309 g/mol. The molecular weight excluding hydrogens is 297 g/mol. The average Bonchev–Trinajstić information content (AvgIpc) is 2.38. The lowest BCUT2D eigenvalue weighted by molar-refractivity contribution is 0.305. The van der Waals surface area contributed by atoms with E-state index in [1.54, 1.807) is 6.07 Å². The highest BCUT2D eigenvalue weighted by atomic mass is 79.9. The summed E-state index contributed by atoms with van der Waals surface area (Å²) in [6.07, 6.45) is 0. The molecule has 4 heteroatoms. The Morgan fingerprint density at radius 2 is 2.00 bits per heavy atom. The molecule has 0 saturated heterocycles. The van der Waals surface area contributed by atoms with Crippen LogP contribution in [0.5, 0.6) is 5.75 Å². The van der Waals surface area contributed by atoms with Crippen LogP contribution in [0.3, 0.4) is 0 Å². The summed E-state index contributed by atoms with van der Waals surface area (Å²) >= 11 is 3.31. The molecule has 2 N–H and O–H groups in total. The largest absolute Gasteiger partial charge is 0.489 e. The normalized spacial score (nSPS) is 10.4. The van der Waals surface area contributed by atoms with Crippen LogP contribution in [-0.4, -0.2) is 0 Å². The van der Waals surface area contributed by atoms with Gasteiger partial charge in [-0.05, 0) is 29.8 Å². The summed E-state index contributed by atoms with van der Waals surface area (Å²) in [5.41, 5.74) is 7.48. The van der Waals surface area contributed by atoms with Gasteiger partial charge < -0.3 is 10.5 Å². The number of ether oxygens (including phenoxy) is 1. The molecular formula is C14H13BrFNO. The molecule has 0 aromatic heterocycles. The van der Waals surface area contributed by atoms with Gasteiger partial charge in [0, 0.05) is 16.6 Å². The van der Waals surface area contributed by atoms with Gasteiger partial charge in [-0.3, -0.25) is 0 Å². The van der Waals surface area contributed by atoms with Gasteiger partial charge in [0.15, 0.2) is 0 Å². The van der Waals surface area contributed by atoms with Crippen molar-refractivity contribution < 1.29 is 9.13 Å². The number of hydrogen-bond donors (Lipinski definition) is 1. The predicted molar refractivity (Wildman–Crippen MR) is 72.8 cm³/mol. The van der Waals surface area contributed by atoms with E-state index >= 15 is 0 Å². The van der Waals surface area contributed by atoms with Gasteiger partial charge in [-0.2, -0.15) is 0 Å². The molecule has 0 aliphatic heterocycles. The number of nitrogens with two attached hydrogens (primary N) is 1. The van der Waals surface area contributed by atoms with Crippen LogP contribution in [-0.2, 0) is 13.2 Å². The molecule has 94 valence electrons. The van der Waals surface area contributed by atoms with Gasteiger partial charge >= 0.3 is 0 Å². The Hall–Kier alpha value is -1.39. The van der Waals surface area contributed by atoms with E-state index in [0.717, 1.165) is 16.9 Å². The van der Waals surface area contributed by atoms with Gasteiger partial charge in [-0.1, -0.05) is 34.1 Å². The molecule has 2 aromatic carbocycles. The topological polar surface area (TPSA) is 35.2 Å². The van der Waals surface area contributed by atoms with Crippen molar-refractivity contribution in [1.82, 2.24) is 0 Å². The minimum Gasteiger partial charge on any atom is -0.489 e. The van der Waals surface area contributed by atoms with E-state index in [1.165, 1.54) is 12.1 Å². The van der Waals surface area contributed by atoms with Gasteiger partial charge in [0.1, 0.15) is 18.2 Å². The lowest BCUT2D eigenvalue weighted by Gasteiger charge is -2.09. The molecule has 2 rings (SSSR count). The van der Waals surface area contributed by atoms with Crippen molar-refractivity contribution in [2.75, 3.05) is 0 Å². The number of benzene rings is 2. The first-order valence-electron chi connectivity index (χ1n) is 5.55. The molecule has 0 radical (unpaired) electrons. The molecule has 0 amide bonds. The van der Waals surface area contributed by atoms with E-state index < -0.39 is 0 Å². The van der Waals surface area contributed by atoms with Crippen LogP contribution in [0.15, 0.2) is 46.9 Å².